The van der Waals surface area contributed by atoms with Crippen LogP contribution in [0.1, 0.15) is 18.0 Å². The monoisotopic (exact) mass is 581 g/mol. The molecule has 1 saturated heterocycles. The number of H-pyrrole nitrogens is 1. The molecule has 0 saturated carbocycles. The van der Waals surface area contributed by atoms with Crippen LogP contribution in [0.4, 0.5) is 23.4 Å². The minimum absolute atomic E-state index is 0.0205. The summed E-state index contributed by atoms with van der Waals surface area (Å²) in [6.45, 7) is 0.733. The van der Waals surface area contributed by atoms with Gasteiger partial charge in [0, 0.05) is 42.4 Å². The van der Waals surface area contributed by atoms with Gasteiger partial charge in [-0.25, -0.2) is 32.6 Å². The minimum Gasteiger partial charge on any atom is -0.475 e. The summed E-state index contributed by atoms with van der Waals surface area (Å²) in [5.41, 5.74) is 3.08. The zero-order valence-electron chi connectivity index (χ0n) is 20.7. The van der Waals surface area contributed by atoms with Crippen LogP contribution < -0.4 is 4.90 Å². The summed E-state index contributed by atoms with van der Waals surface area (Å²) in [6.07, 6.45) is 3.05. The third kappa shape index (κ3) is 5.35. The van der Waals surface area contributed by atoms with Crippen molar-refractivity contribution in [1.29, 1.82) is 0 Å². The van der Waals surface area contributed by atoms with Gasteiger partial charge in [0.05, 0.1) is 23.7 Å². The number of sulfone groups is 1. The molecule has 0 bridgehead atoms. The molecule has 1 fully saturated rings. The van der Waals surface area contributed by atoms with Crippen molar-refractivity contribution >= 4 is 32.7 Å². The van der Waals surface area contributed by atoms with Crippen molar-refractivity contribution in [2.75, 3.05) is 30.4 Å². The number of anilines is 1. The number of pyridine rings is 1. The molecule has 4 aromatic heterocycles. The number of fused-ring (bicyclic) bond motifs is 2. The van der Waals surface area contributed by atoms with Gasteiger partial charge >= 0.3 is 12.1 Å². The van der Waals surface area contributed by atoms with Gasteiger partial charge in [0.1, 0.15) is 24.5 Å². The number of carboxylic acids is 1. The molecule has 16 heteroatoms. The van der Waals surface area contributed by atoms with E-state index in [4.69, 9.17) is 9.90 Å². The molecular formula is C24H23F4N7O4S. The van der Waals surface area contributed by atoms with Crippen LogP contribution in [0.2, 0.25) is 0 Å². The zero-order chi connectivity index (χ0) is 28.7. The highest BCUT2D eigenvalue weighted by Gasteiger charge is 2.38. The van der Waals surface area contributed by atoms with Crippen LogP contribution in [0.25, 0.3) is 22.3 Å². The fraction of sp³-hybridized carbons (Fsp3) is 0.375. The molecule has 0 aliphatic carbocycles. The lowest BCUT2D eigenvalue weighted by Crippen LogP contribution is -2.27. The molecule has 212 valence electrons. The Morgan fingerprint density at radius 1 is 1.23 bits per heavy atom. The van der Waals surface area contributed by atoms with E-state index in [-0.39, 0.29) is 16.7 Å². The van der Waals surface area contributed by atoms with Gasteiger partial charge in [-0.1, -0.05) is 6.07 Å². The lowest BCUT2D eigenvalue weighted by atomic mass is 10.0. The molecule has 1 unspecified atom stereocenters. The molecule has 2 aliphatic rings. The number of hydrogen-bond donors (Lipinski definition) is 2. The Balaban J connectivity index is 0.000000411. The predicted octanol–water partition coefficient (Wildman–Crippen LogP) is 3.22. The molecule has 6 heterocycles. The van der Waals surface area contributed by atoms with E-state index >= 15 is 0 Å². The number of aliphatic carboxylic acids is 1. The smallest absolute Gasteiger partial charge is 0.475 e. The van der Waals surface area contributed by atoms with Crippen LogP contribution in [-0.4, -0.2) is 80.9 Å². The second-order valence-corrected chi connectivity index (χ2v) is 11.4. The average molecular weight is 582 g/mol. The fourth-order valence-corrected chi connectivity index (χ4v) is 6.39. The Morgan fingerprint density at radius 3 is 2.73 bits per heavy atom. The van der Waals surface area contributed by atoms with Crippen molar-refractivity contribution in [3.8, 4) is 11.3 Å². The molecule has 2 atom stereocenters. The van der Waals surface area contributed by atoms with E-state index in [1.807, 2.05) is 35.5 Å². The van der Waals surface area contributed by atoms with Gasteiger partial charge in [0.2, 0.25) is 0 Å². The van der Waals surface area contributed by atoms with E-state index in [0.717, 1.165) is 34.3 Å². The van der Waals surface area contributed by atoms with Gasteiger partial charge in [-0.15, -0.1) is 0 Å². The summed E-state index contributed by atoms with van der Waals surface area (Å²) in [5.74, 6) is -1.98. The van der Waals surface area contributed by atoms with Crippen LogP contribution >= 0.6 is 0 Å². The standard InChI is InChI=1S/C22H22FN7O2S.C2HF3O2/c23-9-18(30-12-16(10-27-30)20-17-3-6-24-21(17)26-13-25-20)15-4-7-29(11-15)19-2-1-14-5-8-33(31,32)22(14)28-19;3-2(4,5)1(6)7/h1-3,6,10,12-13,15,18H,4-5,7-9,11H2,(H,24,25,26);(H,6,7)/t15-,18?;/m0./s1. The molecule has 0 spiro atoms. The largest absolute Gasteiger partial charge is 0.490 e. The van der Waals surface area contributed by atoms with E-state index in [1.54, 1.807) is 10.9 Å². The lowest BCUT2D eigenvalue weighted by molar-refractivity contribution is -0.192. The first kappa shape index (κ1) is 27.5. The van der Waals surface area contributed by atoms with Crippen molar-refractivity contribution in [3.63, 3.8) is 0 Å². The summed E-state index contributed by atoms with van der Waals surface area (Å²) in [6, 6.07) is 5.21. The van der Waals surface area contributed by atoms with E-state index < -0.39 is 34.7 Å². The average Bonchev–Trinajstić information content (AvgIpc) is 3.71. The number of carbonyl (C=O) groups is 1. The number of aromatic nitrogens is 6. The van der Waals surface area contributed by atoms with Crippen LogP contribution in [0.15, 0.2) is 48.1 Å². The number of rotatable bonds is 5. The lowest BCUT2D eigenvalue weighted by Gasteiger charge is -2.22. The Morgan fingerprint density at radius 2 is 2.00 bits per heavy atom. The molecule has 6 rings (SSSR count). The van der Waals surface area contributed by atoms with E-state index in [0.29, 0.717) is 25.3 Å². The predicted molar refractivity (Wildman–Crippen MR) is 134 cm³/mol. The molecule has 4 aromatic rings. The van der Waals surface area contributed by atoms with Crippen molar-refractivity contribution < 1.29 is 35.9 Å². The highest BCUT2D eigenvalue weighted by atomic mass is 32.2. The third-order valence-electron chi connectivity index (χ3n) is 6.92. The van der Waals surface area contributed by atoms with E-state index in [2.05, 4.69) is 25.0 Å². The fourth-order valence-electron chi connectivity index (χ4n) is 4.90. The molecule has 0 amide bonds. The summed E-state index contributed by atoms with van der Waals surface area (Å²) in [7, 11) is -3.29. The first-order chi connectivity index (χ1) is 19.0. The molecule has 2 aliphatic heterocycles. The van der Waals surface area contributed by atoms with Crippen molar-refractivity contribution in [1.82, 2.24) is 29.7 Å². The van der Waals surface area contributed by atoms with Crippen LogP contribution in [0.3, 0.4) is 0 Å². The number of hydrogen-bond acceptors (Lipinski definition) is 8. The molecule has 11 nitrogen and oxygen atoms in total. The Bertz CT molecular complexity index is 1650. The van der Waals surface area contributed by atoms with Gasteiger partial charge in [-0.05, 0) is 30.5 Å². The molecule has 2 N–H and O–H groups in total. The van der Waals surface area contributed by atoms with Gasteiger partial charge < -0.3 is 15.0 Å². The third-order valence-corrected chi connectivity index (χ3v) is 8.61. The number of carboxylic acid groups (broad SMARTS) is 1. The summed E-state index contributed by atoms with van der Waals surface area (Å²) < 4.78 is 72.1. The summed E-state index contributed by atoms with van der Waals surface area (Å²) in [4.78, 5) is 27.1. The summed E-state index contributed by atoms with van der Waals surface area (Å²) in [5, 5.41) is 12.7. The Hall–Kier alpha value is -4.08. The van der Waals surface area contributed by atoms with Gasteiger partial charge in [-0.2, -0.15) is 18.3 Å². The topological polar surface area (TPSA) is 147 Å². The second-order valence-electron chi connectivity index (χ2n) is 9.39. The Kier molecular flexibility index (Phi) is 7.20. The van der Waals surface area contributed by atoms with Crippen LogP contribution in [0, 0.1) is 5.92 Å². The number of aromatic amines is 1. The number of aryl methyl sites for hydroxylation is 1. The normalized spacial score (nSPS) is 18.8. The maximum Gasteiger partial charge on any atom is 0.490 e. The first-order valence-electron chi connectivity index (χ1n) is 12.1. The maximum atomic E-state index is 14.2. The molecule has 40 heavy (non-hydrogen) atoms. The number of nitrogens with zero attached hydrogens (tertiary/aromatic N) is 6. The van der Waals surface area contributed by atoms with Crippen molar-refractivity contribution in [3.05, 3.63) is 48.7 Å². The Labute approximate surface area is 224 Å². The van der Waals surface area contributed by atoms with E-state index in [1.165, 1.54) is 6.33 Å². The van der Waals surface area contributed by atoms with Gasteiger partial charge in [0.15, 0.2) is 14.9 Å². The minimum atomic E-state index is -5.08. The van der Waals surface area contributed by atoms with E-state index in [9.17, 15) is 26.0 Å². The number of nitrogens with one attached hydrogen (secondary N) is 1. The zero-order valence-corrected chi connectivity index (χ0v) is 21.5. The van der Waals surface area contributed by atoms with Crippen LogP contribution in [0.5, 0.6) is 0 Å². The second kappa shape index (κ2) is 10.5. The first-order valence-corrected chi connectivity index (χ1v) is 13.8. The molecule has 0 aromatic carbocycles. The summed E-state index contributed by atoms with van der Waals surface area (Å²) >= 11 is 0. The molecule has 0 radical (unpaired) electrons. The van der Waals surface area contributed by atoms with Gasteiger partial charge in [-0.3, -0.25) is 4.68 Å². The number of alkyl halides is 4. The van der Waals surface area contributed by atoms with Crippen LogP contribution in [-0.2, 0) is 21.1 Å². The SMILES string of the molecule is O=C(O)C(F)(F)F.O=S1(=O)CCc2ccc(N3CC[C@H](C(CF)n4cc(-c5ncnc6[nH]ccc56)cn4)C3)nc21. The number of halogens is 4. The highest BCUT2D eigenvalue weighted by Crippen LogP contribution is 2.34. The van der Waals surface area contributed by atoms with Crippen molar-refractivity contribution in [2.24, 2.45) is 5.92 Å². The highest BCUT2D eigenvalue weighted by molar-refractivity contribution is 7.91. The quantitative estimate of drug-likeness (QED) is 0.339. The maximum absolute atomic E-state index is 14.2. The van der Waals surface area contributed by atoms with Gasteiger partial charge in [0.25, 0.3) is 0 Å². The molecular weight excluding hydrogens is 558 g/mol. The van der Waals surface area contributed by atoms with Crippen molar-refractivity contribution in [2.45, 2.75) is 30.1 Å².